The Morgan fingerprint density at radius 1 is 1.40 bits per heavy atom. The molecule has 1 aliphatic rings. The number of nitrogens with two attached hydrogens (primary N) is 1. The summed E-state index contributed by atoms with van der Waals surface area (Å²) >= 11 is 0. The Labute approximate surface area is 92.1 Å². The molecule has 6 heteroatoms. The van der Waals surface area contributed by atoms with Crippen molar-refractivity contribution in [2.75, 3.05) is 31.9 Å². The monoisotopic (exact) mass is 235 g/mol. The van der Waals surface area contributed by atoms with E-state index in [1.165, 1.54) is 0 Å². The molecule has 0 aromatic heterocycles. The summed E-state index contributed by atoms with van der Waals surface area (Å²) in [5.74, 6) is 0.163. The zero-order chi connectivity index (χ0) is 11.3. The highest BCUT2D eigenvalue weighted by atomic mass is 32.2. The molecule has 0 aliphatic carbocycles. The first-order valence-corrected chi connectivity index (χ1v) is 7.15. The smallest absolute Gasteiger partial charge is 0.211 e. The number of likely N-dealkylation sites (tertiary alicyclic amines) is 1. The Morgan fingerprint density at radius 3 is 2.47 bits per heavy atom. The van der Waals surface area contributed by atoms with Crippen LogP contribution < -0.4 is 10.5 Å². The average molecular weight is 235 g/mol. The lowest BCUT2D eigenvalue weighted by molar-refractivity contribution is 0.212. The molecular formula is C9H21N3O2S. The van der Waals surface area contributed by atoms with Crippen LogP contribution in [0.25, 0.3) is 0 Å². The molecule has 0 atom stereocenters. The van der Waals surface area contributed by atoms with Crippen LogP contribution in [0.5, 0.6) is 0 Å². The SMILES string of the molecule is CCS(=O)(=O)NC1CCN(CCN)CC1. The molecule has 1 fully saturated rings. The third-order valence-electron chi connectivity index (χ3n) is 2.76. The van der Waals surface area contributed by atoms with E-state index in [0.29, 0.717) is 6.54 Å². The van der Waals surface area contributed by atoms with E-state index in [-0.39, 0.29) is 11.8 Å². The molecule has 90 valence electrons. The maximum absolute atomic E-state index is 11.3. The number of nitrogens with one attached hydrogen (secondary N) is 1. The molecule has 0 unspecified atom stereocenters. The predicted molar refractivity (Wildman–Crippen MR) is 61.1 cm³/mol. The van der Waals surface area contributed by atoms with Gasteiger partial charge >= 0.3 is 0 Å². The summed E-state index contributed by atoms with van der Waals surface area (Å²) in [6, 6.07) is 0.115. The molecule has 1 saturated heterocycles. The maximum atomic E-state index is 11.3. The van der Waals surface area contributed by atoms with Crippen LogP contribution in [0.15, 0.2) is 0 Å². The van der Waals surface area contributed by atoms with Crippen molar-refractivity contribution in [3.8, 4) is 0 Å². The van der Waals surface area contributed by atoms with Gasteiger partial charge in [-0.15, -0.1) is 0 Å². The Hall–Kier alpha value is -0.170. The molecule has 5 nitrogen and oxygen atoms in total. The van der Waals surface area contributed by atoms with E-state index >= 15 is 0 Å². The molecular weight excluding hydrogens is 214 g/mol. The van der Waals surface area contributed by atoms with E-state index in [4.69, 9.17) is 5.73 Å². The molecule has 0 saturated carbocycles. The van der Waals surface area contributed by atoms with Crippen molar-refractivity contribution in [1.29, 1.82) is 0 Å². The fraction of sp³-hybridized carbons (Fsp3) is 1.00. The van der Waals surface area contributed by atoms with Gasteiger partial charge in [0.05, 0.1) is 5.75 Å². The van der Waals surface area contributed by atoms with Crippen molar-refractivity contribution >= 4 is 10.0 Å². The van der Waals surface area contributed by atoms with E-state index in [2.05, 4.69) is 9.62 Å². The summed E-state index contributed by atoms with van der Waals surface area (Å²) < 4.78 is 25.4. The first-order chi connectivity index (χ1) is 7.07. The zero-order valence-electron chi connectivity index (χ0n) is 9.28. The van der Waals surface area contributed by atoms with Gasteiger partial charge in [-0.25, -0.2) is 13.1 Å². The second kappa shape index (κ2) is 5.79. The van der Waals surface area contributed by atoms with Crippen LogP contribution in [0.1, 0.15) is 19.8 Å². The maximum Gasteiger partial charge on any atom is 0.211 e. The van der Waals surface area contributed by atoms with Crippen LogP contribution in [0.2, 0.25) is 0 Å². The van der Waals surface area contributed by atoms with Crippen LogP contribution in [-0.2, 0) is 10.0 Å². The second-order valence-corrected chi connectivity index (χ2v) is 5.97. The van der Waals surface area contributed by atoms with E-state index in [0.717, 1.165) is 32.5 Å². The summed E-state index contributed by atoms with van der Waals surface area (Å²) in [5.41, 5.74) is 5.46. The summed E-state index contributed by atoms with van der Waals surface area (Å²) in [7, 11) is -3.04. The standard InChI is InChI=1S/C9H21N3O2S/c1-2-15(13,14)11-9-3-6-12(7-4-9)8-5-10/h9,11H,2-8,10H2,1H3. The van der Waals surface area contributed by atoms with E-state index in [1.54, 1.807) is 6.92 Å². The Bertz CT molecular complexity index is 271. The van der Waals surface area contributed by atoms with Gasteiger partial charge in [-0.05, 0) is 32.9 Å². The van der Waals surface area contributed by atoms with Crippen molar-refractivity contribution in [3.05, 3.63) is 0 Å². The van der Waals surface area contributed by atoms with Gasteiger partial charge in [-0.2, -0.15) is 0 Å². The molecule has 1 rings (SSSR count). The lowest BCUT2D eigenvalue weighted by Gasteiger charge is -2.31. The Balaban J connectivity index is 2.32. The normalized spacial score (nSPS) is 20.7. The molecule has 0 bridgehead atoms. The number of piperidine rings is 1. The van der Waals surface area contributed by atoms with Gasteiger partial charge in [-0.1, -0.05) is 0 Å². The number of hydrogen-bond donors (Lipinski definition) is 2. The van der Waals surface area contributed by atoms with Crippen molar-refractivity contribution in [2.24, 2.45) is 5.73 Å². The van der Waals surface area contributed by atoms with Crippen molar-refractivity contribution < 1.29 is 8.42 Å². The van der Waals surface area contributed by atoms with Crippen molar-refractivity contribution in [1.82, 2.24) is 9.62 Å². The quantitative estimate of drug-likeness (QED) is 0.664. The molecule has 0 aromatic carbocycles. The Morgan fingerprint density at radius 2 is 2.00 bits per heavy atom. The lowest BCUT2D eigenvalue weighted by atomic mass is 10.1. The Kier molecular flexibility index (Phi) is 4.98. The molecule has 0 aromatic rings. The summed E-state index contributed by atoms with van der Waals surface area (Å²) in [6.45, 7) is 5.12. The zero-order valence-corrected chi connectivity index (χ0v) is 10.1. The van der Waals surface area contributed by atoms with Gasteiger partial charge in [0.1, 0.15) is 0 Å². The first-order valence-electron chi connectivity index (χ1n) is 5.50. The summed E-state index contributed by atoms with van der Waals surface area (Å²) in [5, 5.41) is 0. The molecule has 1 aliphatic heterocycles. The third kappa shape index (κ3) is 4.46. The number of hydrogen-bond acceptors (Lipinski definition) is 4. The third-order valence-corrected chi connectivity index (χ3v) is 4.21. The van der Waals surface area contributed by atoms with Crippen LogP contribution >= 0.6 is 0 Å². The van der Waals surface area contributed by atoms with Crippen LogP contribution in [-0.4, -0.2) is 51.3 Å². The second-order valence-electron chi connectivity index (χ2n) is 3.93. The molecule has 3 N–H and O–H groups in total. The predicted octanol–water partition coefficient (Wildman–Crippen LogP) is -0.651. The molecule has 0 radical (unpaired) electrons. The van der Waals surface area contributed by atoms with Crippen molar-refractivity contribution in [2.45, 2.75) is 25.8 Å². The van der Waals surface area contributed by atoms with Crippen LogP contribution in [0, 0.1) is 0 Å². The lowest BCUT2D eigenvalue weighted by Crippen LogP contribution is -2.46. The highest BCUT2D eigenvalue weighted by Gasteiger charge is 2.21. The number of rotatable bonds is 5. The largest absolute Gasteiger partial charge is 0.329 e. The van der Waals surface area contributed by atoms with Crippen LogP contribution in [0.3, 0.4) is 0 Å². The van der Waals surface area contributed by atoms with Gasteiger partial charge in [0.25, 0.3) is 0 Å². The minimum absolute atomic E-state index is 0.115. The fourth-order valence-electron chi connectivity index (χ4n) is 1.79. The molecule has 0 amide bonds. The van der Waals surface area contributed by atoms with Gasteiger partial charge in [0.15, 0.2) is 0 Å². The van der Waals surface area contributed by atoms with Gasteiger partial charge in [-0.3, -0.25) is 0 Å². The van der Waals surface area contributed by atoms with Gasteiger partial charge in [0, 0.05) is 19.1 Å². The first kappa shape index (κ1) is 12.9. The molecule has 0 spiro atoms. The van der Waals surface area contributed by atoms with E-state index in [1.807, 2.05) is 0 Å². The minimum atomic E-state index is -3.04. The fourth-order valence-corrected chi connectivity index (χ4v) is 2.70. The average Bonchev–Trinajstić information content (AvgIpc) is 2.21. The highest BCUT2D eigenvalue weighted by molar-refractivity contribution is 7.89. The van der Waals surface area contributed by atoms with Gasteiger partial charge in [0.2, 0.25) is 10.0 Å². The van der Waals surface area contributed by atoms with E-state index < -0.39 is 10.0 Å². The summed E-state index contributed by atoms with van der Waals surface area (Å²) in [4.78, 5) is 2.27. The number of sulfonamides is 1. The topological polar surface area (TPSA) is 75.4 Å². The van der Waals surface area contributed by atoms with Gasteiger partial charge < -0.3 is 10.6 Å². The molecule has 15 heavy (non-hydrogen) atoms. The minimum Gasteiger partial charge on any atom is -0.329 e. The highest BCUT2D eigenvalue weighted by Crippen LogP contribution is 2.10. The van der Waals surface area contributed by atoms with Crippen LogP contribution in [0.4, 0.5) is 0 Å². The van der Waals surface area contributed by atoms with E-state index in [9.17, 15) is 8.42 Å². The summed E-state index contributed by atoms with van der Waals surface area (Å²) in [6.07, 6.45) is 1.78. The molecule has 1 heterocycles. The number of nitrogens with zero attached hydrogens (tertiary/aromatic N) is 1. The van der Waals surface area contributed by atoms with Crippen molar-refractivity contribution in [3.63, 3.8) is 0 Å².